The second-order valence-electron chi connectivity index (χ2n) is 10.8. The van der Waals surface area contributed by atoms with Gasteiger partial charge in [0.1, 0.15) is 18.4 Å². The SMILES string of the molecule is CCC(C(=O)NC1CCCCC1)N(Cc1ccc(F)cc1)C(=O)CN(c1ccc(Cl)c(Cl)c1)S(=O)(=O)c1ccc(C)cc1. The number of nitrogens with one attached hydrogen (secondary N) is 1. The van der Waals surface area contributed by atoms with E-state index in [4.69, 9.17) is 23.2 Å². The Kier molecular flexibility index (Phi) is 11.1. The van der Waals surface area contributed by atoms with Gasteiger partial charge in [-0.1, -0.05) is 79.2 Å². The van der Waals surface area contributed by atoms with Crippen molar-refractivity contribution in [2.24, 2.45) is 0 Å². The topological polar surface area (TPSA) is 86.8 Å². The van der Waals surface area contributed by atoms with Crippen molar-refractivity contribution in [3.8, 4) is 0 Å². The van der Waals surface area contributed by atoms with E-state index in [1.54, 1.807) is 31.2 Å². The standard InChI is InChI=1S/C32H36Cl2FN3O4S/c1-3-30(32(40)36-25-7-5-4-6-8-25)37(20-23-11-13-24(35)14-12-23)31(39)21-38(26-15-18-28(33)29(34)19-26)43(41,42)27-16-9-22(2)10-17-27/h9-19,25,30H,3-8,20-21H2,1-2H3,(H,36,40). The fourth-order valence-corrected chi connectivity index (χ4v) is 6.96. The first-order chi connectivity index (χ1) is 20.5. The summed E-state index contributed by atoms with van der Waals surface area (Å²) in [5.41, 5.74) is 1.61. The Morgan fingerprint density at radius 3 is 2.21 bits per heavy atom. The molecule has 11 heteroatoms. The highest BCUT2D eigenvalue weighted by Gasteiger charge is 2.34. The summed E-state index contributed by atoms with van der Waals surface area (Å²) in [6.45, 7) is 3.02. The minimum Gasteiger partial charge on any atom is -0.352 e. The summed E-state index contributed by atoms with van der Waals surface area (Å²) in [5, 5.41) is 3.46. The number of carbonyl (C=O) groups is 2. The molecule has 1 unspecified atom stereocenters. The fraction of sp³-hybridized carbons (Fsp3) is 0.375. The third kappa shape index (κ3) is 8.28. The van der Waals surface area contributed by atoms with Crippen LogP contribution in [-0.4, -0.2) is 43.8 Å². The molecule has 43 heavy (non-hydrogen) atoms. The predicted octanol–water partition coefficient (Wildman–Crippen LogP) is 6.89. The lowest BCUT2D eigenvalue weighted by Gasteiger charge is -2.34. The van der Waals surface area contributed by atoms with E-state index in [9.17, 15) is 22.4 Å². The Hall–Kier alpha value is -3.14. The number of benzene rings is 3. The van der Waals surface area contributed by atoms with Crippen LogP contribution >= 0.6 is 23.2 Å². The molecule has 3 aromatic rings. The van der Waals surface area contributed by atoms with E-state index in [-0.39, 0.29) is 39.1 Å². The van der Waals surface area contributed by atoms with Crippen molar-refractivity contribution in [3.05, 3.63) is 93.7 Å². The lowest BCUT2D eigenvalue weighted by molar-refractivity contribution is -0.140. The van der Waals surface area contributed by atoms with Gasteiger partial charge < -0.3 is 10.2 Å². The molecule has 1 fully saturated rings. The third-order valence-electron chi connectivity index (χ3n) is 7.68. The Bertz CT molecular complexity index is 1530. The van der Waals surface area contributed by atoms with Crippen LogP contribution in [0, 0.1) is 12.7 Å². The van der Waals surface area contributed by atoms with Crippen LogP contribution in [0.15, 0.2) is 71.6 Å². The summed E-state index contributed by atoms with van der Waals surface area (Å²) < 4.78 is 42.7. The summed E-state index contributed by atoms with van der Waals surface area (Å²) in [5.74, 6) is -1.33. The summed E-state index contributed by atoms with van der Waals surface area (Å²) in [6.07, 6.45) is 5.20. The summed E-state index contributed by atoms with van der Waals surface area (Å²) in [7, 11) is -4.25. The number of halogens is 3. The van der Waals surface area contributed by atoms with Gasteiger partial charge in [-0.3, -0.25) is 13.9 Å². The lowest BCUT2D eigenvalue weighted by atomic mass is 9.95. The van der Waals surface area contributed by atoms with Gasteiger partial charge in [-0.05, 0) is 74.2 Å². The summed E-state index contributed by atoms with van der Waals surface area (Å²) in [6, 6.07) is 15.4. The van der Waals surface area contributed by atoms with E-state index in [1.165, 1.54) is 47.4 Å². The third-order valence-corrected chi connectivity index (χ3v) is 10.2. The molecule has 7 nitrogen and oxygen atoms in total. The van der Waals surface area contributed by atoms with Crippen LogP contribution < -0.4 is 9.62 Å². The molecule has 1 saturated carbocycles. The average molecular weight is 649 g/mol. The van der Waals surface area contributed by atoms with Gasteiger partial charge in [0.25, 0.3) is 10.0 Å². The Morgan fingerprint density at radius 1 is 0.953 bits per heavy atom. The quantitative estimate of drug-likeness (QED) is 0.245. The molecule has 1 atom stereocenters. The molecule has 230 valence electrons. The second-order valence-corrected chi connectivity index (χ2v) is 13.5. The highest BCUT2D eigenvalue weighted by atomic mass is 35.5. The first-order valence-corrected chi connectivity index (χ1v) is 16.6. The van der Waals surface area contributed by atoms with Gasteiger partial charge in [0.15, 0.2) is 0 Å². The van der Waals surface area contributed by atoms with E-state index < -0.39 is 34.3 Å². The highest BCUT2D eigenvalue weighted by Crippen LogP contribution is 2.31. The molecule has 4 rings (SSSR count). The second kappa shape index (κ2) is 14.6. The van der Waals surface area contributed by atoms with E-state index in [0.29, 0.717) is 12.0 Å². The van der Waals surface area contributed by atoms with E-state index in [0.717, 1.165) is 42.0 Å². The lowest BCUT2D eigenvalue weighted by Crippen LogP contribution is -2.54. The van der Waals surface area contributed by atoms with Crippen LogP contribution in [-0.2, 0) is 26.2 Å². The predicted molar refractivity (Wildman–Crippen MR) is 168 cm³/mol. The Morgan fingerprint density at radius 2 is 1.60 bits per heavy atom. The largest absolute Gasteiger partial charge is 0.352 e. The van der Waals surface area contributed by atoms with Crippen LogP contribution in [0.4, 0.5) is 10.1 Å². The molecular formula is C32H36Cl2FN3O4S. The summed E-state index contributed by atoms with van der Waals surface area (Å²) in [4.78, 5) is 29.1. The van der Waals surface area contributed by atoms with Crippen molar-refractivity contribution in [2.75, 3.05) is 10.8 Å². The van der Waals surface area contributed by atoms with Crippen molar-refractivity contribution in [2.45, 2.75) is 75.9 Å². The zero-order chi connectivity index (χ0) is 31.1. The number of hydrogen-bond donors (Lipinski definition) is 1. The minimum atomic E-state index is -4.25. The maximum Gasteiger partial charge on any atom is 0.264 e. The molecule has 0 bridgehead atoms. The number of anilines is 1. The first-order valence-electron chi connectivity index (χ1n) is 14.4. The molecule has 0 heterocycles. The minimum absolute atomic E-state index is 0.0101. The highest BCUT2D eigenvalue weighted by molar-refractivity contribution is 7.92. The Labute approximate surface area is 263 Å². The van der Waals surface area contributed by atoms with Crippen molar-refractivity contribution in [1.82, 2.24) is 10.2 Å². The van der Waals surface area contributed by atoms with Crippen molar-refractivity contribution < 1.29 is 22.4 Å². The molecule has 0 aliphatic heterocycles. The average Bonchev–Trinajstić information content (AvgIpc) is 2.99. The molecule has 1 N–H and O–H groups in total. The molecule has 0 spiro atoms. The number of carbonyl (C=O) groups excluding carboxylic acids is 2. The smallest absolute Gasteiger partial charge is 0.264 e. The molecule has 0 aromatic heterocycles. The van der Waals surface area contributed by atoms with E-state index in [2.05, 4.69) is 5.32 Å². The number of nitrogens with zero attached hydrogens (tertiary/aromatic N) is 2. The first kappa shape index (κ1) is 32.8. The monoisotopic (exact) mass is 647 g/mol. The van der Waals surface area contributed by atoms with E-state index in [1.807, 2.05) is 6.92 Å². The molecule has 3 aromatic carbocycles. The van der Waals surface area contributed by atoms with Crippen LogP contribution in [0.2, 0.25) is 10.0 Å². The number of sulfonamides is 1. The number of rotatable bonds is 11. The van der Waals surface area contributed by atoms with Gasteiger partial charge in [-0.25, -0.2) is 12.8 Å². The number of aryl methyl sites for hydroxylation is 1. The zero-order valence-corrected chi connectivity index (χ0v) is 26.6. The molecular weight excluding hydrogens is 612 g/mol. The molecule has 0 radical (unpaired) electrons. The molecule has 2 amide bonds. The molecule has 1 aliphatic rings. The molecule has 0 saturated heterocycles. The maximum absolute atomic E-state index is 14.2. The van der Waals surface area contributed by atoms with Crippen molar-refractivity contribution >= 4 is 50.7 Å². The van der Waals surface area contributed by atoms with Gasteiger partial charge in [-0.2, -0.15) is 0 Å². The number of hydrogen-bond acceptors (Lipinski definition) is 4. The van der Waals surface area contributed by atoms with Crippen LogP contribution in [0.3, 0.4) is 0 Å². The van der Waals surface area contributed by atoms with Gasteiger partial charge in [0, 0.05) is 12.6 Å². The van der Waals surface area contributed by atoms with Crippen LogP contribution in [0.1, 0.15) is 56.6 Å². The summed E-state index contributed by atoms with van der Waals surface area (Å²) >= 11 is 12.4. The normalized spacial score (nSPS) is 14.6. The fourth-order valence-electron chi connectivity index (χ4n) is 5.26. The Balaban J connectivity index is 1.72. The van der Waals surface area contributed by atoms with E-state index >= 15 is 0 Å². The maximum atomic E-state index is 14.2. The van der Waals surface area contributed by atoms with Gasteiger partial charge in [0.2, 0.25) is 11.8 Å². The van der Waals surface area contributed by atoms with Gasteiger partial charge >= 0.3 is 0 Å². The number of amides is 2. The van der Waals surface area contributed by atoms with Crippen molar-refractivity contribution in [3.63, 3.8) is 0 Å². The van der Waals surface area contributed by atoms with Crippen LogP contribution in [0.25, 0.3) is 0 Å². The van der Waals surface area contributed by atoms with Gasteiger partial charge in [0.05, 0.1) is 20.6 Å². The zero-order valence-electron chi connectivity index (χ0n) is 24.2. The van der Waals surface area contributed by atoms with Crippen molar-refractivity contribution in [1.29, 1.82) is 0 Å². The van der Waals surface area contributed by atoms with Gasteiger partial charge in [-0.15, -0.1) is 0 Å². The molecule has 1 aliphatic carbocycles. The van der Waals surface area contributed by atoms with Crippen LogP contribution in [0.5, 0.6) is 0 Å².